The third-order valence-corrected chi connectivity index (χ3v) is 2.84. The van der Waals surface area contributed by atoms with Crippen LogP contribution in [0, 0.1) is 6.92 Å². The van der Waals surface area contributed by atoms with Crippen molar-refractivity contribution in [1.29, 1.82) is 0 Å². The fraction of sp³-hybridized carbons (Fsp3) is 0.300. The van der Waals surface area contributed by atoms with Crippen molar-refractivity contribution in [3.8, 4) is 0 Å². The van der Waals surface area contributed by atoms with Crippen molar-refractivity contribution in [3.63, 3.8) is 0 Å². The van der Waals surface area contributed by atoms with Gasteiger partial charge in [-0.15, -0.1) is 0 Å². The maximum absolute atomic E-state index is 4.46. The second-order valence-corrected chi connectivity index (χ2v) is 3.89. The van der Waals surface area contributed by atoms with Crippen LogP contribution in [0.5, 0.6) is 0 Å². The SMILES string of the molecule is CCn1nc(C)c2cccc(Br)c21. The summed E-state index contributed by atoms with van der Waals surface area (Å²) in [6.07, 6.45) is 0. The van der Waals surface area contributed by atoms with Gasteiger partial charge in [0, 0.05) is 16.4 Å². The largest absolute Gasteiger partial charge is 0.264 e. The van der Waals surface area contributed by atoms with Crippen molar-refractivity contribution < 1.29 is 0 Å². The van der Waals surface area contributed by atoms with E-state index in [1.54, 1.807) is 0 Å². The van der Waals surface area contributed by atoms with E-state index in [0.29, 0.717) is 0 Å². The minimum absolute atomic E-state index is 0.910. The third-order valence-electron chi connectivity index (χ3n) is 2.20. The van der Waals surface area contributed by atoms with Gasteiger partial charge < -0.3 is 0 Å². The van der Waals surface area contributed by atoms with Crippen LogP contribution >= 0.6 is 15.9 Å². The molecule has 1 heterocycles. The number of halogens is 1. The molecule has 2 nitrogen and oxygen atoms in total. The lowest BCUT2D eigenvalue weighted by Crippen LogP contribution is -1.96. The number of aryl methyl sites for hydroxylation is 2. The van der Waals surface area contributed by atoms with Crippen LogP contribution in [-0.2, 0) is 6.54 Å². The number of para-hydroxylation sites is 1. The number of rotatable bonds is 1. The highest BCUT2D eigenvalue weighted by Crippen LogP contribution is 2.25. The van der Waals surface area contributed by atoms with Gasteiger partial charge >= 0.3 is 0 Å². The van der Waals surface area contributed by atoms with E-state index >= 15 is 0 Å². The minimum Gasteiger partial charge on any atom is -0.264 e. The molecular formula is C10H11BrN2. The number of aromatic nitrogens is 2. The van der Waals surface area contributed by atoms with Crippen LogP contribution in [-0.4, -0.2) is 9.78 Å². The minimum atomic E-state index is 0.910. The summed E-state index contributed by atoms with van der Waals surface area (Å²) < 4.78 is 3.14. The topological polar surface area (TPSA) is 17.8 Å². The molecule has 2 aromatic rings. The van der Waals surface area contributed by atoms with Crippen LogP contribution < -0.4 is 0 Å². The summed E-state index contributed by atoms with van der Waals surface area (Å²) in [4.78, 5) is 0. The Labute approximate surface area is 85.7 Å². The van der Waals surface area contributed by atoms with E-state index in [1.807, 2.05) is 17.7 Å². The van der Waals surface area contributed by atoms with Crippen LogP contribution in [0.1, 0.15) is 12.6 Å². The Balaban J connectivity index is 2.89. The molecule has 1 aromatic carbocycles. The van der Waals surface area contributed by atoms with Crippen molar-refractivity contribution in [2.45, 2.75) is 20.4 Å². The quantitative estimate of drug-likeness (QED) is 0.747. The van der Waals surface area contributed by atoms with Crippen molar-refractivity contribution in [2.75, 3.05) is 0 Å². The molecule has 0 saturated heterocycles. The second kappa shape index (κ2) is 3.14. The first-order valence-electron chi connectivity index (χ1n) is 4.35. The van der Waals surface area contributed by atoms with Crippen LogP contribution in [0.25, 0.3) is 10.9 Å². The van der Waals surface area contributed by atoms with Crippen LogP contribution in [0.3, 0.4) is 0 Å². The molecular weight excluding hydrogens is 228 g/mol. The molecule has 1 aromatic heterocycles. The van der Waals surface area contributed by atoms with Gasteiger partial charge in [0.15, 0.2) is 0 Å². The van der Waals surface area contributed by atoms with Gasteiger partial charge in [0.25, 0.3) is 0 Å². The lowest BCUT2D eigenvalue weighted by molar-refractivity contribution is 0.675. The number of hydrogen-bond donors (Lipinski definition) is 0. The maximum atomic E-state index is 4.46. The summed E-state index contributed by atoms with van der Waals surface area (Å²) in [6.45, 7) is 5.05. The molecule has 0 unspecified atom stereocenters. The standard InChI is InChI=1S/C10H11BrN2/c1-3-13-10-8(7(2)12-13)5-4-6-9(10)11/h4-6H,3H2,1-2H3. The monoisotopic (exact) mass is 238 g/mol. The van der Waals surface area contributed by atoms with Crippen molar-refractivity contribution in [1.82, 2.24) is 9.78 Å². The third kappa shape index (κ3) is 1.27. The second-order valence-electron chi connectivity index (χ2n) is 3.04. The summed E-state index contributed by atoms with van der Waals surface area (Å²) >= 11 is 3.54. The van der Waals surface area contributed by atoms with Crippen molar-refractivity contribution in [3.05, 3.63) is 28.4 Å². The highest BCUT2D eigenvalue weighted by molar-refractivity contribution is 9.10. The molecule has 2 rings (SSSR count). The molecule has 0 atom stereocenters. The highest BCUT2D eigenvalue weighted by Gasteiger charge is 2.07. The molecule has 3 heteroatoms. The smallest absolute Gasteiger partial charge is 0.0827 e. The van der Waals surface area contributed by atoms with Crippen LogP contribution in [0.2, 0.25) is 0 Å². The molecule has 68 valence electrons. The Morgan fingerprint density at radius 3 is 2.92 bits per heavy atom. The Hall–Kier alpha value is -0.830. The van der Waals surface area contributed by atoms with E-state index in [4.69, 9.17) is 0 Å². The van der Waals surface area contributed by atoms with Gasteiger partial charge in [-0.2, -0.15) is 5.10 Å². The summed E-state index contributed by atoms with van der Waals surface area (Å²) in [6, 6.07) is 6.20. The molecule has 0 aliphatic heterocycles. The molecule has 0 saturated carbocycles. The average Bonchev–Trinajstić information content (AvgIpc) is 2.45. The predicted octanol–water partition coefficient (Wildman–Crippen LogP) is 3.13. The summed E-state index contributed by atoms with van der Waals surface area (Å²) in [5.41, 5.74) is 2.29. The first-order valence-corrected chi connectivity index (χ1v) is 5.15. The van der Waals surface area contributed by atoms with E-state index in [-0.39, 0.29) is 0 Å². The van der Waals surface area contributed by atoms with E-state index < -0.39 is 0 Å². The number of benzene rings is 1. The van der Waals surface area contributed by atoms with Gasteiger partial charge in [-0.25, -0.2) is 0 Å². The molecule has 0 N–H and O–H groups in total. The van der Waals surface area contributed by atoms with Crippen LogP contribution in [0.4, 0.5) is 0 Å². The van der Waals surface area contributed by atoms with Gasteiger partial charge in [-0.1, -0.05) is 12.1 Å². The summed E-state index contributed by atoms with van der Waals surface area (Å²) in [5, 5.41) is 5.69. The highest BCUT2D eigenvalue weighted by atomic mass is 79.9. The van der Waals surface area contributed by atoms with Gasteiger partial charge in [0.05, 0.1) is 11.2 Å². The zero-order chi connectivity index (χ0) is 9.42. The lowest BCUT2D eigenvalue weighted by atomic mass is 10.2. The molecule has 0 spiro atoms. The molecule has 0 fully saturated rings. The molecule has 0 aliphatic rings. The van der Waals surface area contributed by atoms with Gasteiger partial charge in [0.2, 0.25) is 0 Å². The zero-order valence-corrected chi connectivity index (χ0v) is 9.30. The average molecular weight is 239 g/mol. The van der Waals surface area contributed by atoms with E-state index in [1.165, 1.54) is 10.9 Å². The van der Waals surface area contributed by atoms with E-state index in [9.17, 15) is 0 Å². The molecule has 0 bridgehead atoms. The maximum Gasteiger partial charge on any atom is 0.0827 e. The fourth-order valence-corrected chi connectivity index (χ4v) is 2.15. The first kappa shape index (κ1) is 8.75. The van der Waals surface area contributed by atoms with Gasteiger partial charge in [-0.3, -0.25) is 4.68 Å². The van der Waals surface area contributed by atoms with E-state index in [2.05, 4.69) is 40.1 Å². The van der Waals surface area contributed by atoms with Gasteiger partial charge in [-0.05, 0) is 35.8 Å². The Morgan fingerprint density at radius 2 is 2.23 bits per heavy atom. The fourth-order valence-electron chi connectivity index (χ4n) is 1.58. The molecule has 0 amide bonds. The Morgan fingerprint density at radius 1 is 1.46 bits per heavy atom. The Kier molecular flexibility index (Phi) is 2.12. The molecule has 0 radical (unpaired) electrons. The van der Waals surface area contributed by atoms with Crippen molar-refractivity contribution >= 4 is 26.8 Å². The lowest BCUT2D eigenvalue weighted by Gasteiger charge is -1.99. The normalized spacial score (nSPS) is 11.0. The molecule has 13 heavy (non-hydrogen) atoms. The number of fused-ring (bicyclic) bond motifs is 1. The number of hydrogen-bond acceptors (Lipinski definition) is 1. The zero-order valence-electron chi connectivity index (χ0n) is 7.71. The van der Waals surface area contributed by atoms with E-state index in [0.717, 1.165) is 16.7 Å². The predicted molar refractivity (Wildman–Crippen MR) is 57.8 cm³/mol. The van der Waals surface area contributed by atoms with Crippen molar-refractivity contribution in [2.24, 2.45) is 0 Å². The van der Waals surface area contributed by atoms with Gasteiger partial charge in [0.1, 0.15) is 0 Å². The summed E-state index contributed by atoms with van der Waals surface area (Å²) in [7, 11) is 0. The summed E-state index contributed by atoms with van der Waals surface area (Å²) in [5.74, 6) is 0. The molecule has 0 aliphatic carbocycles. The number of nitrogens with zero attached hydrogens (tertiary/aromatic N) is 2. The van der Waals surface area contributed by atoms with Crippen LogP contribution in [0.15, 0.2) is 22.7 Å². The first-order chi connectivity index (χ1) is 6.24. The Bertz CT molecular complexity index is 445.